The van der Waals surface area contributed by atoms with Crippen molar-refractivity contribution in [3.8, 4) is 0 Å². The maximum atomic E-state index is 11.8. The van der Waals surface area contributed by atoms with Gasteiger partial charge in [0, 0.05) is 54.0 Å². The predicted molar refractivity (Wildman–Crippen MR) is 131 cm³/mol. The van der Waals surface area contributed by atoms with Crippen LogP contribution >= 0.6 is 11.6 Å². The second-order valence-corrected chi connectivity index (χ2v) is 7.91. The van der Waals surface area contributed by atoms with Gasteiger partial charge in [-0.15, -0.1) is 0 Å². The number of aromatic nitrogens is 2. The summed E-state index contributed by atoms with van der Waals surface area (Å²) in [6, 6.07) is 7.64. The molecule has 3 rings (SSSR count). The Labute approximate surface area is 193 Å². The van der Waals surface area contributed by atoms with Gasteiger partial charge in [0.25, 0.3) is 0 Å². The zero-order chi connectivity index (χ0) is 22.9. The van der Waals surface area contributed by atoms with Crippen molar-refractivity contribution in [1.29, 1.82) is 0 Å². The molecular formula is C24H27ClN6O. The van der Waals surface area contributed by atoms with E-state index in [1.807, 2.05) is 42.2 Å². The second kappa shape index (κ2) is 11.2. The second-order valence-electron chi connectivity index (χ2n) is 7.47. The first-order valence-electron chi connectivity index (χ1n) is 10.4. The fourth-order valence-electron chi connectivity index (χ4n) is 3.43. The van der Waals surface area contributed by atoms with E-state index in [-0.39, 0.29) is 11.9 Å². The lowest BCUT2D eigenvalue weighted by atomic mass is 10.0. The SMILES string of the molecule is C=CC(=O)N1CCC(NC(=C/N=C)/C=C(\C)c2cnc(Nc3cccc(Cl)c3)nc2)CC1. The summed E-state index contributed by atoms with van der Waals surface area (Å²) in [5, 5.41) is 7.28. The van der Waals surface area contributed by atoms with Gasteiger partial charge >= 0.3 is 0 Å². The van der Waals surface area contributed by atoms with Gasteiger partial charge in [-0.1, -0.05) is 24.2 Å². The third-order valence-corrected chi connectivity index (χ3v) is 5.38. The molecule has 7 nitrogen and oxygen atoms in total. The van der Waals surface area contributed by atoms with E-state index in [0.717, 1.165) is 35.4 Å². The van der Waals surface area contributed by atoms with Gasteiger partial charge in [0.05, 0.1) is 5.70 Å². The van der Waals surface area contributed by atoms with E-state index in [9.17, 15) is 4.79 Å². The maximum Gasteiger partial charge on any atom is 0.245 e. The average molecular weight is 451 g/mol. The van der Waals surface area contributed by atoms with Crippen molar-refractivity contribution < 1.29 is 4.79 Å². The highest BCUT2D eigenvalue weighted by Gasteiger charge is 2.21. The summed E-state index contributed by atoms with van der Waals surface area (Å²) in [5.74, 6) is 0.474. The number of halogens is 1. The predicted octanol–water partition coefficient (Wildman–Crippen LogP) is 4.59. The van der Waals surface area contributed by atoms with Crippen LogP contribution in [0.1, 0.15) is 25.3 Å². The lowest BCUT2D eigenvalue weighted by Gasteiger charge is -2.32. The molecule has 0 bridgehead atoms. The Morgan fingerprint density at radius 1 is 1.28 bits per heavy atom. The molecule has 1 aromatic carbocycles. The number of likely N-dealkylation sites (tertiary alicyclic amines) is 1. The van der Waals surface area contributed by atoms with Gasteiger partial charge < -0.3 is 15.5 Å². The number of nitrogens with zero attached hydrogens (tertiary/aromatic N) is 4. The quantitative estimate of drug-likeness (QED) is 0.349. The first-order chi connectivity index (χ1) is 15.5. The van der Waals surface area contributed by atoms with Crippen LogP contribution in [0.5, 0.6) is 0 Å². The van der Waals surface area contributed by atoms with Gasteiger partial charge in [0.1, 0.15) is 0 Å². The fourth-order valence-corrected chi connectivity index (χ4v) is 3.62. The molecular weight excluding hydrogens is 424 g/mol. The number of nitrogens with one attached hydrogen (secondary N) is 2. The lowest BCUT2D eigenvalue weighted by molar-refractivity contribution is -0.127. The van der Waals surface area contributed by atoms with E-state index < -0.39 is 0 Å². The van der Waals surface area contributed by atoms with Gasteiger partial charge in [-0.25, -0.2) is 9.97 Å². The number of carbonyl (C=O) groups excluding carboxylic acids is 1. The Kier molecular flexibility index (Phi) is 8.16. The van der Waals surface area contributed by atoms with Gasteiger partial charge in [-0.05, 0) is 62.4 Å². The van der Waals surface area contributed by atoms with Gasteiger partial charge in [-0.2, -0.15) is 0 Å². The summed E-state index contributed by atoms with van der Waals surface area (Å²) in [6.07, 6.45) is 10.3. The molecule has 1 aliphatic heterocycles. The van der Waals surface area contributed by atoms with Crippen LogP contribution in [0.2, 0.25) is 5.02 Å². The number of aliphatic imine (C=N–C) groups is 1. The minimum absolute atomic E-state index is 0.0176. The molecule has 32 heavy (non-hydrogen) atoms. The Balaban J connectivity index is 1.63. The number of amides is 1. The van der Waals surface area contributed by atoms with Gasteiger partial charge in [0.15, 0.2) is 0 Å². The van der Waals surface area contributed by atoms with Crippen LogP contribution in [-0.2, 0) is 4.79 Å². The summed E-state index contributed by atoms with van der Waals surface area (Å²) in [5.41, 5.74) is 3.56. The van der Waals surface area contributed by atoms with Crippen molar-refractivity contribution in [2.24, 2.45) is 4.99 Å². The molecule has 2 aromatic rings. The van der Waals surface area contributed by atoms with Crippen molar-refractivity contribution in [3.63, 3.8) is 0 Å². The molecule has 1 saturated heterocycles. The van der Waals surface area contributed by atoms with Crippen LogP contribution in [0.15, 0.2) is 72.3 Å². The molecule has 166 valence electrons. The van der Waals surface area contributed by atoms with E-state index in [2.05, 4.69) is 38.9 Å². The number of hydrogen-bond donors (Lipinski definition) is 2. The first kappa shape index (κ1) is 23.2. The highest BCUT2D eigenvalue weighted by molar-refractivity contribution is 6.30. The zero-order valence-electron chi connectivity index (χ0n) is 18.1. The van der Waals surface area contributed by atoms with E-state index in [1.165, 1.54) is 6.08 Å². The largest absolute Gasteiger partial charge is 0.381 e. The van der Waals surface area contributed by atoms with Gasteiger partial charge in [-0.3, -0.25) is 9.79 Å². The van der Waals surface area contributed by atoms with Crippen LogP contribution in [0, 0.1) is 0 Å². The van der Waals surface area contributed by atoms with E-state index >= 15 is 0 Å². The normalized spacial score (nSPS) is 15.2. The number of anilines is 2. The van der Waals surface area contributed by atoms with E-state index in [4.69, 9.17) is 11.6 Å². The van der Waals surface area contributed by atoms with E-state index in [1.54, 1.807) is 18.6 Å². The van der Waals surface area contributed by atoms with Crippen LogP contribution < -0.4 is 10.6 Å². The minimum atomic E-state index is -0.0176. The van der Waals surface area contributed by atoms with Crippen molar-refractivity contribution >= 4 is 41.4 Å². The Morgan fingerprint density at radius 3 is 2.62 bits per heavy atom. The van der Waals surface area contributed by atoms with Crippen molar-refractivity contribution in [1.82, 2.24) is 20.2 Å². The van der Waals surface area contributed by atoms with Crippen molar-refractivity contribution in [2.75, 3.05) is 18.4 Å². The van der Waals surface area contributed by atoms with Crippen LogP contribution in [-0.4, -0.2) is 46.6 Å². The molecule has 1 aromatic heterocycles. The number of rotatable bonds is 8. The van der Waals surface area contributed by atoms with Crippen LogP contribution in [0.4, 0.5) is 11.6 Å². The monoisotopic (exact) mass is 450 g/mol. The number of allylic oxidation sites excluding steroid dienone is 2. The maximum absolute atomic E-state index is 11.8. The topological polar surface area (TPSA) is 82.5 Å². The summed E-state index contributed by atoms with van der Waals surface area (Å²) < 4.78 is 0. The van der Waals surface area contributed by atoms with Crippen LogP contribution in [0.25, 0.3) is 5.57 Å². The molecule has 2 N–H and O–H groups in total. The molecule has 1 aliphatic rings. The molecule has 1 amide bonds. The average Bonchev–Trinajstić information content (AvgIpc) is 2.79. The molecule has 0 unspecified atom stereocenters. The molecule has 0 radical (unpaired) electrons. The molecule has 0 aliphatic carbocycles. The molecule has 0 atom stereocenters. The molecule has 1 fully saturated rings. The summed E-state index contributed by atoms with van der Waals surface area (Å²) in [6.45, 7) is 10.5. The number of hydrogen-bond acceptors (Lipinski definition) is 6. The van der Waals surface area contributed by atoms with Crippen molar-refractivity contribution in [2.45, 2.75) is 25.8 Å². The first-order valence-corrected chi connectivity index (χ1v) is 10.7. The summed E-state index contributed by atoms with van der Waals surface area (Å²) in [7, 11) is 0. The Hall–Kier alpha value is -3.45. The third-order valence-electron chi connectivity index (χ3n) is 5.14. The minimum Gasteiger partial charge on any atom is -0.381 e. The summed E-state index contributed by atoms with van der Waals surface area (Å²) >= 11 is 6.02. The third kappa shape index (κ3) is 6.52. The standard InChI is InChI=1S/C24H27ClN6O/c1-4-23(32)31-10-8-20(9-11-31)29-22(16-26-3)12-17(2)18-14-27-24(28-15-18)30-21-7-5-6-19(25)13-21/h4-7,12-16,20,29H,1,3,8-11H2,2H3,(H,27,28,30)/b17-12+,22-16+. The summed E-state index contributed by atoms with van der Waals surface area (Å²) in [4.78, 5) is 26.3. The van der Waals surface area contributed by atoms with Crippen LogP contribution in [0.3, 0.4) is 0 Å². The highest BCUT2D eigenvalue weighted by atomic mass is 35.5. The van der Waals surface area contributed by atoms with Gasteiger partial charge in [0.2, 0.25) is 11.9 Å². The highest BCUT2D eigenvalue weighted by Crippen LogP contribution is 2.20. The molecule has 8 heteroatoms. The Morgan fingerprint density at radius 2 is 2.00 bits per heavy atom. The van der Waals surface area contributed by atoms with Crippen molar-refractivity contribution in [3.05, 3.63) is 77.9 Å². The Bertz CT molecular complexity index is 1020. The molecule has 2 heterocycles. The number of carbonyl (C=O) groups is 1. The smallest absolute Gasteiger partial charge is 0.245 e. The number of benzene rings is 1. The number of piperidine rings is 1. The molecule has 0 saturated carbocycles. The molecule has 0 spiro atoms. The lowest BCUT2D eigenvalue weighted by Crippen LogP contribution is -2.44. The van der Waals surface area contributed by atoms with E-state index in [0.29, 0.717) is 24.1 Å². The fraction of sp³-hybridized carbons (Fsp3) is 0.250. The zero-order valence-corrected chi connectivity index (χ0v) is 18.8.